The van der Waals surface area contributed by atoms with Crippen molar-refractivity contribution in [3.8, 4) is 6.07 Å². The highest BCUT2D eigenvalue weighted by molar-refractivity contribution is 7.88. The van der Waals surface area contributed by atoms with E-state index < -0.39 is 10.0 Å². The van der Waals surface area contributed by atoms with Gasteiger partial charge in [-0.1, -0.05) is 18.2 Å². The first-order valence-electron chi connectivity index (χ1n) is 7.30. The number of fused-ring (bicyclic) bond motifs is 1. The van der Waals surface area contributed by atoms with Gasteiger partial charge < -0.3 is 0 Å². The highest BCUT2D eigenvalue weighted by atomic mass is 32.2. The molecular formula is C15H19N3O2S. The van der Waals surface area contributed by atoms with Gasteiger partial charge >= 0.3 is 0 Å². The Hall–Kier alpha value is -1.42. The standard InChI is InChI=1S/C15H19N3O2S/c16-10-13-4-1-2-5-14(13)12-21(19,20)18-9-8-17-7-3-6-15(17)11-18/h1-2,4-5,15H,3,6-9,11-12H2. The van der Waals surface area contributed by atoms with E-state index in [0.717, 1.165) is 25.9 Å². The molecule has 0 bridgehead atoms. The van der Waals surface area contributed by atoms with Crippen LogP contribution in [0.2, 0.25) is 0 Å². The summed E-state index contributed by atoms with van der Waals surface area (Å²) in [5, 5.41) is 9.08. The molecule has 0 aromatic heterocycles. The van der Waals surface area contributed by atoms with Gasteiger partial charge in [-0.15, -0.1) is 0 Å². The molecule has 2 heterocycles. The number of sulfonamides is 1. The molecule has 2 aliphatic rings. The van der Waals surface area contributed by atoms with E-state index in [-0.39, 0.29) is 5.75 Å². The summed E-state index contributed by atoms with van der Waals surface area (Å²) in [5.74, 6) is -0.0799. The third-order valence-electron chi connectivity index (χ3n) is 4.42. The number of nitriles is 1. The molecule has 21 heavy (non-hydrogen) atoms. The number of benzene rings is 1. The van der Waals surface area contributed by atoms with E-state index in [9.17, 15) is 8.42 Å². The molecule has 1 atom stereocenters. The fourth-order valence-corrected chi connectivity index (χ4v) is 4.84. The highest BCUT2D eigenvalue weighted by Crippen LogP contribution is 2.24. The van der Waals surface area contributed by atoms with Gasteiger partial charge in [0.15, 0.2) is 0 Å². The van der Waals surface area contributed by atoms with Crippen molar-refractivity contribution in [1.29, 1.82) is 5.26 Å². The van der Waals surface area contributed by atoms with Gasteiger partial charge in [0.25, 0.3) is 0 Å². The molecule has 0 N–H and O–H groups in total. The molecule has 0 spiro atoms. The van der Waals surface area contributed by atoms with Crippen LogP contribution in [0.3, 0.4) is 0 Å². The molecular weight excluding hydrogens is 286 g/mol. The van der Waals surface area contributed by atoms with Crippen molar-refractivity contribution in [2.24, 2.45) is 0 Å². The first-order chi connectivity index (χ1) is 10.1. The summed E-state index contributed by atoms with van der Waals surface area (Å²) in [4.78, 5) is 2.38. The maximum absolute atomic E-state index is 12.6. The van der Waals surface area contributed by atoms with Gasteiger partial charge in [0.2, 0.25) is 10.0 Å². The van der Waals surface area contributed by atoms with Gasteiger partial charge in [0.05, 0.1) is 17.4 Å². The van der Waals surface area contributed by atoms with E-state index in [1.165, 1.54) is 0 Å². The lowest BCUT2D eigenvalue weighted by atomic mass is 10.1. The topological polar surface area (TPSA) is 64.4 Å². The van der Waals surface area contributed by atoms with Crippen molar-refractivity contribution in [2.45, 2.75) is 24.6 Å². The van der Waals surface area contributed by atoms with Crippen LogP contribution in [-0.4, -0.2) is 49.8 Å². The van der Waals surface area contributed by atoms with Gasteiger partial charge in [-0.3, -0.25) is 4.90 Å². The fraction of sp³-hybridized carbons (Fsp3) is 0.533. The maximum atomic E-state index is 12.6. The van der Waals surface area contributed by atoms with Crippen molar-refractivity contribution in [2.75, 3.05) is 26.2 Å². The third kappa shape index (κ3) is 2.95. The maximum Gasteiger partial charge on any atom is 0.218 e. The zero-order valence-electron chi connectivity index (χ0n) is 11.9. The van der Waals surface area contributed by atoms with Crippen LogP contribution in [0, 0.1) is 11.3 Å². The summed E-state index contributed by atoms with van der Waals surface area (Å²) in [5.41, 5.74) is 1.04. The Morgan fingerprint density at radius 1 is 1.24 bits per heavy atom. The molecule has 0 amide bonds. The Bertz CT molecular complexity index is 666. The minimum Gasteiger partial charge on any atom is -0.298 e. The molecule has 5 nitrogen and oxygen atoms in total. The minimum atomic E-state index is -3.35. The largest absolute Gasteiger partial charge is 0.298 e. The first-order valence-corrected chi connectivity index (χ1v) is 8.91. The van der Waals surface area contributed by atoms with Gasteiger partial charge in [0, 0.05) is 25.7 Å². The van der Waals surface area contributed by atoms with E-state index in [0.29, 0.717) is 30.3 Å². The van der Waals surface area contributed by atoms with Crippen molar-refractivity contribution in [1.82, 2.24) is 9.21 Å². The number of hydrogen-bond donors (Lipinski definition) is 0. The zero-order chi connectivity index (χ0) is 14.9. The number of nitrogens with zero attached hydrogens (tertiary/aromatic N) is 3. The van der Waals surface area contributed by atoms with Crippen LogP contribution in [0.4, 0.5) is 0 Å². The Balaban J connectivity index is 1.76. The first kappa shape index (κ1) is 14.5. The second-order valence-corrected chi connectivity index (χ2v) is 7.68. The second-order valence-electron chi connectivity index (χ2n) is 5.72. The zero-order valence-corrected chi connectivity index (χ0v) is 12.7. The predicted octanol–water partition coefficient (Wildman–Crippen LogP) is 1.17. The van der Waals surface area contributed by atoms with E-state index in [1.54, 1.807) is 28.6 Å². The van der Waals surface area contributed by atoms with Crippen molar-refractivity contribution in [3.05, 3.63) is 35.4 Å². The normalized spacial score (nSPS) is 23.7. The highest BCUT2D eigenvalue weighted by Gasteiger charge is 2.35. The second kappa shape index (κ2) is 5.76. The molecule has 0 aliphatic carbocycles. The Kier molecular flexibility index (Phi) is 3.98. The number of piperazine rings is 1. The minimum absolute atomic E-state index is 0.0799. The van der Waals surface area contributed by atoms with Crippen LogP contribution in [0.15, 0.2) is 24.3 Å². The average Bonchev–Trinajstić information content (AvgIpc) is 2.95. The molecule has 3 rings (SSSR count). The Labute approximate surface area is 125 Å². The molecule has 1 aromatic rings. The van der Waals surface area contributed by atoms with Crippen LogP contribution in [0.25, 0.3) is 0 Å². The van der Waals surface area contributed by atoms with E-state index in [1.807, 2.05) is 0 Å². The van der Waals surface area contributed by atoms with Gasteiger partial charge in [-0.25, -0.2) is 8.42 Å². The van der Waals surface area contributed by atoms with E-state index in [4.69, 9.17) is 5.26 Å². The molecule has 2 aliphatic heterocycles. The lowest BCUT2D eigenvalue weighted by Gasteiger charge is -2.36. The summed E-state index contributed by atoms with van der Waals surface area (Å²) in [7, 11) is -3.35. The Morgan fingerprint density at radius 3 is 2.86 bits per heavy atom. The van der Waals surface area contributed by atoms with Crippen molar-refractivity contribution < 1.29 is 8.42 Å². The van der Waals surface area contributed by atoms with Gasteiger partial charge in [-0.2, -0.15) is 9.57 Å². The van der Waals surface area contributed by atoms with E-state index >= 15 is 0 Å². The molecule has 2 saturated heterocycles. The summed E-state index contributed by atoms with van der Waals surface area (Å²) >= 11 is 0. The summed E-state index contributed by atoms with van der Waals surface area (Å²) < 4.78 is 26.8. The molecule has 6 heteroatoms. The SMILES string of the molecule is N#Cc1ccccc1CS(=O)(=O)N1CCN2CCCC2C1. The quantitative estimate of drug-likeness (QED) is 0.841. The van der Waals surface area contributed by atoms with E-state index in [2.05, 4.69) is 11.0 Å². The average molecular weight is 305 g/mol. The summed E-state index contributed by atoms with van der Waals surface area (Å²) in [6.45, 7) is 3.07. The lowest BCUT2D eigenvalue weighted by Crippen LogP contribution is -2.52. The Morgan fingerprint density at radius 2 is 2.05 bits per heavy atom. The monoisotopic (exact) mass is 305 g/mol. The summed E-state index contributed by atoms with van der Waals surface area (Å²) in [6.07, 6.45) is 2.25. The van der Waals surface area contributed by atoms with Crippen LogP contribution in [0.1, 0.15) is 24.0 Å². The fourth-order valence-electron chi connectivity index (χ4n) is 3.26. The van der Waals surface area contributed by atoms with Crippen LogP contribution in [0.5, 0.6) is 0 Å². The third-order valence-corrected chi connectivity index (χ3v) is 6.21. The van der Waals surface area contributed by atoms with Crippen LogP contribution in [-0.2, 0) is 15.8 Å². The molecule has 2 fully saturated rings. The molecule has 0 saturated carbocycles. The molecule has 1 aromatic carbocycles. The molecule has 112 valence electrons. The van der Waals surface area contributed by atoms with Crippen LogP contribution >= 0.6 is 0 Å². The van der Waals surface area contributed by atoms with Crippen LogP contribution < -0.4 is 0 Å². The smallest absolute Gasteiger partial charge is 0.218 e. The number of hydrogen-bond acceptors (Lipinski definition) is 4. The van der Waals surface area contributed by atoms with Crippen molar-refractivity contribution >= 4 is 10.0 Å². The molecule has 1 unspecified atom stereocenters. The predicted molar refractivity (Wildman–Crippen MR) is 79.9 cm³/mol. The van der Waals surface area contributed by atoms with Gasteiger partial charge in [-0.05, 0) is 31.0 Å². The van der Waals surface area contributed by atoms with Gasteiger partial charge in [0.1, 0.15) is 0 Å². The summed E-state index contributed by atoms with van der Waals surface area (Å²) in [6, 6.07) is 9.37. The lowest BCUT2D eigenvalue weighted by molar-refractivity contribution is 0.158. The number of rotatable bonds is 3. The molecule has 0 radical (unpaired) electrons. The van der Waals surface area contributed by atoms with Crippen molar-refractivity contribution in [3.63, 3.8) is 0 Å².